The second-order valence-electron chi connectivity index (χ2n) is 4.79. The van der Waals surface area contributed by atoms with Crippen LogP contribution in [0.5, 0.6) is 0 Å². The molecular formula is C15H17ClN4O4. The first-order valence-electron chi connectivity index (χ1n) is 7.09. The van der Waals surface area contributed by atoms with E-state index in [2.05, 4.69) is 20.3 Å². The quantitative estimate of drug-likeness (QED) is 0.797. The van der Waals surface area contributed by atoms with E-state index in [4.69, 9.17) is 16.3 Å². The molecule has 24 heavy (non-hydrogen) atoms. The first-order valence-corrected chi connectivity index (χ1v) is 7.47. The van der Waals surface area contributed by atoms with Gasteiger partial charge in [-0.25, -0.2) is 4.79 Å². The summed E-state index contributed by atoms with van der Waals surface area (Å²) >= 11 is 5.89. The first-order chi connectivity index (χ1) is 11.6. The van der Waals surface area contributed by atoms with Gasteiger partial charge in [0.15, 0.2) is 5.82 Å². The Morgan fingerprint density at radius 2 is 2.17 bits per heavy atom. The normalized spacial score (nSPS) is 10.2. The fourth-order valence-electron chi connectivity index (χ4n) is 1.86. The van der Waals surface area contributed by atoms with Gasteiger partial charge in [-0.15, -0.1) is 0 Å². The zero-order valence-corrected chi connectivity index (χ0v) is 13.7. The van der Waals surface area contributed by atoms with Crippen molar-refractivity contribution in [3.8, 4) is 0 Å². The van der Waals surface area contributed by atoms with Crippen LogP contribution in [0.3, 0.4) is 0 Å². The molecule has 0 saturated carbocycles. The molecule has 0 aliphatic carbocycles. The second kappa shape index (κ2) is 8.90. The number of ether oxygens (including phenoxy) is 1. The number of benzene rings is 1. The topological polar surface area (TPSA) is 96.7 Å². The SMILES string of the molecule is COCCN(CC(=O)Nc1ccon1)C(=O)Nc1cccc(Cl)c1. The van der Waals surface area contributed by atoms with Crippen LogP contribution in [0.15, 0.2) is 41.1 Å². The minimum absolute atomic E-state index is 0.164. The number of urea groups is 1. The summed E-state index contributed by atoms with van der Waals surface area (Å²) in [5.41, 5.74) is 0.534. The smallest absolute Gasteiger partial charge is 0.322 e. The molecule has 2 N–H and O–H groups in total. The van der Waals surface area contributed by atoms with Crippen LogP contribution in [0.25, 0.3) is 0 Å². The standard InChI is InChI=1S/C15H17ClN4O4/c1-23-8-6-20(10-14(21)18-13-5-7-24-19-13)15(22)17-12-4-2-3-11(16)9-12/h2-5,7,9H,6,8,10H2,1H3,(H,17,22)(H,18,19,21). The van der Waals surface area contributed by atoms with Gasteiger partial charge < -0.3 is 24.8 Å². The molecule has 1 aromatic carbocycles. The molecule has 0 aliphatic heterocycles. The summed E-state index contributed by atoms with van der Waals surface area (Å²) in [6.07, 6.45) is 1.34. The number of carbonyl (C=O) groups is 2. The van der Waals surface area contributed by atoms with Gasteiger partial charge in [0.05, 0.1) is 6.61 Å². The highest BCUT2D eigenvalue weighted by Crippen LogP contribution is 2.15. The molecule has 0 saturated heterocycles. The lowest BCUT2D eigenvalue weighted by molar-refractivity contribution is -0.116. The van der Waals surface area contributed by atoms with Gasteiger partial charge in [0.25, 0.3) is 0 Å². The van der Waals surface area contributed by atoms with Crippen molar-refractivity contribution < 1.29 is 18.8 Å². The van der Waals surface area contributed by atoms with Crippen molar-refractivity contribution in [2.24, 2.45) is 0 Å². The van der Waals surface area contributed by atoms with Crippen LogP contribution in [0.1, 0.15) is 0 Å². The van der Waals surface area contributed by atoms with Crippen molar-refractivity contribution in [3.63, 3.8) is 0 Å². The lowest BCUT2D eigenvalue weighted by Crippen LogP contribution is -2.42. The average molecular weight is 353 g/mol. The predicted molar refractivity (Wildman–Crippen MR) is 89.1 cm³/mol. The number of amides is 3. The molecule has 128 valence electrons. The molecule has 0 bridgehead atoms. The number of hydrogen-bond donors (Lipinski definition) is 2. The molecule has 1 aromatic heterocycles. The zero-order valence-electron chi connectivity index (χ0n) is 13.0. The molecule has 1 heterocycles. The predicted octanol–water partition coefficient (Wildman–Crippen LogP) is 2.45. The van der Waals surface area contributed by atoms with E-state index in [-0.39, 0.29) is 18.9 Å². The van der Waals surface area contributed by atoms with Crippen LogP contribution in [-0.4, -0.2) is 48.8 Å². The highest BCUT2D eigenvalue weighted by atomic mass is 35.5. The maximum Gasteiger partial charge on any atom is 0.322 e. The van der Waals surface area contributed by atoms with Gasteiger partial charge in [0.2, 0.25) is 5.91 Å². The van der Waals surface area contributed by atoms with Crippen molar-refractivity contribution in [3.05, 3.63) is 41.6 Å². The third-order valence-corrected chi connectivity index (χ3v) is 3.20. The first kappa shape index (κ1) is 17.8. The van der Waals surface area contributed by atoms with Crippen LogP contribution in [0, 0.1) is 0 Å². The largest absolute Gasteiger partial charge is 0.383 e. The molecule has 0 aliphatic rings. The van der Waals surface area contributed by atoms with E-state index in [0.717, 1.165) is 0 Å². The second-order valence-corrected chi connectivity index (χ2v) is 5.22. The lowest BCUT2D eigenvalue weighted by Gasteiger charge is -2.22. The Kier molecular flexibility index (Phi) is 6.59. The molecule has 0 spiro atoms. The summed E-state index contributed by atoms with van der Waals surface area (Å²) in [5, 5.41) is 9.30. The molecule has 0 fully saturated rings. The Balaban J connectivity index is 1.97. The average Bonchev–Trinajstić information content (AvgIpc) is 3.04. The number of nitrogens with one attached hydrogen (secondary N) is 2. The summed E-state index contributed by atoms with van der Waals surface area (Å²) in [7, 11) is 1.52. The van der Waals surface area contributed by atoms with Gasteiger partial charge in [-0.2, -0.15) is 0 Å². The molecule has 3 amide bonds. The number of rotatable bonds is 7. The summed E-state index contributed by atoms with van der Waals surface area (Å²) in [5.74, 6) is -0.122. The van der Waals surface area contributed by atoms with E-state index in [1.54, 1.807) is 24.3 Å². The molecule has 0 atom stereocenters. The van der Waals surface area contributed by atoms with Gasteiger partial charge in [-0.05, 0) is 18.2 Å². The van der Waals surface area contributed by atoms with Gasteiger partial charge in [0, 0.05) is 30.4 Å². The van der Waals surface area contributed by atoms with E-state index in [9.17, 15) is 9.59 Å². The summed E-state index contributed by atoms with van der Waals surface area (Å²) in [6, 6.07) is 7.80. The Bertz CT molecular complexity index is 678. The number of hydrogen-bond acceptors (Lipinski definition) is 5. The van der Waals surface area contributed by atoms with Crippen molar-refractivity contribution in [2.75, 3.05) is 37.4 Å². The van der Waals surface area contributed by atoms with E-state index in [1.807, 2.05) is 0 Å². The highest BCUT2D eigenvalue weighted by Gasteiger charge is 2.18. The number of aromatic nitrogens is 1. The Labute approximate surface area is 143 Å². The highest BCUT2D eigenvalue weighted by molar-refractivity contribution is 6.30. The number of carbonyl (C=O) groups excluding carboxylic acids is 2. The minimum Gasteiger partial charge on any atom is -0.383 e. The van der Waals surface area contributed by atoms with Crippen LogP contribution >= 0.6 is 11.6 Å². The molecule has 2 aromatic rings. The van der Waals surface area contributed by atoms with E-state index >= 15 is 0 Å². The lowest BCUT2D eigenvalue weighted by atomic mass is 10.3. The van der Waals surface area contributed by atoms with E-state index in [1.165, 1.54) is 24.3 Å². The van der Waals surface area contributed by atoms with Gasteiger partial charge in [-0.3, -0.25) is 4.79 Å². The monoisotopic (exact) mass is 352 g/mol. The molecule has 0 unspecified atom stereocenters. The third-order valence-electron chi connectivity index (χ3n) is 2.97. The number of nitrogens with zero attached hydrogens (tertiary/aromatic N) is 2. The number of anilines is 2. The van der Waals surface area contributed by atoms with Gasteiger partial charge in [0.1, 0.15) is 12.8 Å². The molecule has 0 radical (unpaired) electrons. The Morgan fingerprint density at radius 3 is 2.83 bits per heavy atom. The number of halogens is 1. The minimum atomic E-state index is -0.440. The summed E-state index contributed by atoms with van der Waals surface area (Å²) in [4.78, 5) is 25.7. The maximum absolute atomic E-state index is 12.4. The van der Waals surface area contributed by atoms with Crippen LogP contribution in [-0.2, 0) is 9.53 Å². The summed E-state index contributed by atoms with van der Waals surface area (Å²) < 4.78 is 9.61. The van der Waals surface area contributed by atoms with E-state index < -0.39 is 11.9 Å². The number of methoxy groups -OCH3 is 1. The molecular weight excluding hydrogens is 336 g/mol. The van der Waals surface area contributed by atoms with Crippen LogP contribution in [0.4, 0.5) is 16.3 Å². The Hall–Kier alpha value is -2.58. The van der Waals surface area contributed by atoms with Crippen molar-refractivity contribution in [2.45, 2.75) is 0 Å². The third kappa shape index (κ3) is 5.56. The van der Waals surface area contributed by atoms with Crippen molar-refractivity contribution >= 4 is 35.0 Å². The fourth-order valence-corrected chi connectivity index (χ4v) is 2.05. The molecule has 2 rings (SSSR count). The molecule has 8 nitrogen and oxygen atoms in total. The Morgan fingerprint density at radius 1 is 1.33 bits per heavy atom. The maximum atomic E-state index is 12.4. The van der Waals surface area contributed by atoms with Gasteiger partial charge in [-0.1, -0.05) is 22.8 Å². The van der Waals surface area contributed by atoms with Crippen LogP contribution < -0.4 is 10.6 Å². The van der Waals surface area contributed by atoms with Gasteiger partial charge >= 0.3 is 6.03 Å². The molecule has 9 heteroatoms. The summed E-state index contributed by atoms with van der Waals surface area (Å²) in [6.45, 7) is 0.373. The van der Waals surface area contributed by atoms with Crippen molar-refractivity contribution in [1.82, 2.24) is 10.1 Å². The fraction of sp³-hybridized carbons (Fsp3) is 0.267. The van der Waals surface area contributed by atoms with Crippen LogP contribution in [0.2, 0.25) is 5.02 Å². The zero-order chi connectivity index (χ0) is 17.4. The van der Waals surface area contributed by atoms with E-state index in [0.29, 0.717) is 17.3 Å². The van der Waals surface area contributed by atoms with Crippen molar-refractivity contribution in [1.29, 1.82) is 0 Å².